The molecule has 1 N–H and O–H groups in total. The van der Waals surface area contributed by atoms with E-state index in [4.69, 9.17) is 4.98 Å². The lowest BCUT2D eigenvalue weighted by atomic mass is 10.1. The normalized spacial score (nSPS) is 11.5. The Morgan fingerprint density at radius 3 is 1.85 bits per heavy atom. The zero-order valence-electron chi connectivity index (χ0n) is 18.1. The molecule has 1 heterocycles. The topological polar surface area (TPSA) is 42.0 Å². The summed E-state index contributed by atoms with van der Waals surface area (Å²) in [7, 11) is -3.25. The van der Waals surface area contributed by atoms with E-state index < -0.39 is 7.14 Å². The molecule has 0 fully saturated rings. The number of pyridine rings is 1. The van der Waals surface area contributed by atoms with Gasteiger partial charge in [-0.15, -0.1) is 0 Å². The number of nitrogens with zero attached hydrogens (tertiary/aromatic N) is 1. The molecule has 0 aliphatic heterocycles. The van der Waals surface area contributed by atoms with Crippen LogP contribution in [0.2, 0.25) is 0 Å². The first-order valence-corrected chi connectivity index (χ1v) is 13.2. The first-order chi connectivity index (χ1) is 16.1. The van der Waals surface area contributed by atoms with Crippen LogP contribution in [-0.4, -0.2) is 4.98 Å². The van der Waals surface area contributed by atoms with E-state index in [1.165, 1.54) is 0 Å². The Hall–Kier alpha value is -3.20. The Morgan fingerprint density at radius 2 is 1.27 bits per heavy atom. The number of rotatable bonds is 5. The van der Waals surface area contributed by atoms with Crippen molar-refractivity contribution in [1.29, 1.82) is 0 Å². The maximum Gasteiger partial charge on any atom is 0.174 e. The monoisotopic (exact) mass is 512 g/mol. The third kappa shape index (κ3) is 3.90. The average Bonchev–Trinajstić information content (AvgIpc) is 2.86. The van der Waals surface area contributed by atoms with Crippen molar-refractivity contribution in [3.63, 3.8) is 0 Å². The second kappa shape index (κ2) is 8.97. The van der Waals surface area contributed by atoms with Crippen LogP contribution in [0.4, 0.5) is 11.4 Å². The van der Waals surface area contributed by atoms with E-state index in [0.29, 0.717) is 0 Å². The van der Waals surface area contributed by atoms with Gasteiger partial charge in [0, 0.05) is 26.2 Å². The molecule has 0 saturated carbocycles. The summed E-state index contributed by atoms with van der Waals surface area (Å²) < 4.78 is 16.2. The maximum atomic E-state index is 15.3. The molecular formula is C28H22BrN2OP. The highest BCUT2D eigenvalue weighted by atomic mass is 79.9. The third-order valence-corrected chi connectivity index (χ3v) is 9.58. The Kier molecular flexibility index (Phi) is 5.88. The molecule has 0 radical (unpaired) electrons. The Bertz CT molecular complexity index is 1430. The van der Waals surface area contributed by atoms with Gasteiger partial charge in [0.2, 0.25) is 0 Å². The van der Waals surface area contributed by atoms with E-state index in [-0.39, 0.29) is 0 Å². The van der Waals surface area contributed by atoms with Crippen molar-refractivity contribution < 1.29 is 4.57 Å². The number of hydrogen-bond acceptors (Lipinski definition) is 3. The van der Waals surface area contributed by atoms with Crippen molar-refractivity contribution in [3.8, 4) is 0 Å². The summed E-state index contributed by atoms with van der Waals surface area (Å²) in [5, 5.41) is 6.81. The standard InChI is InChI=1S/C28H22BrN2OP/c1-20-28(33(32,22-14-7-3-8-15-22)23-16-9-4-10-17-23)27(31-21-12-5-2-6-13-21)24-18-11-19-25(29)26(24)30-20/h2-19H,1H3,(H,30,31). The molecule has 5 aromatic rings. The van der Waals surface area contributed by atoms with Crippen LogP contribution in [0.25, 0.3) is 10.9 Å². The number of fused-ring (bicyclic) bond motifs is 1. The predicted octanol–water partition coefficient (Wildman–Crippen LogP) is 6.69. The summed E-state index contributed by atoms with van der Waals surface area (Å²) in [5.41, 5.74) is 3.33. The molecule has 5 rings (SSSR count). The highest BCUT2D eigenvalue weighted by molar-refractivity contribution is 9.10. The van der Waals surface area contributed by atoms with Crippen molar-refractivity contribution in [2.75, 3.05) is 5.32 Å². The van der Waals surface area contributed by atoms with Gasteiger partial charge < -0.3 is 9.88 Å². The molecule has 0 atom stereocenters. The fourth-order valence-electron chi connectivity index (χ4n) is 4.22. The number of benzene rings is 4. The first-order valence-electron chi connectivity index (χ1n) is 10.7. The molecule has 0 saturated heterocycles. The molecule has 162 valence electrons. The summed E-state index contributed by atoms with van der Waals surface area (Å²) >= 11 is 3.66. The van der Waals surface area contributed by atoms with Gasteiger partial charge in [0.05, 0.1) is 22.2 Å². The molecule has 0 spiro atoms. The van der Waals surface area contributed by atoms with Gasteiger partial charge in [-0.3, -0.25) is 4.98 Å². The Balaban J connectivity index is 1.90. The van der Waals surface area contributed by atoms with Crippen LogP contribution in [0.3, 0.4) is 0 Å². The number of halogens is 1. The van der Waals surface area contributed by atoms with Gasteiger partial charge in [0.25, 0.3) is 0 Å². The second-order valence-corrected chi connectivity index (χ2v) is 11.4. The van der Waals surface area contributed by atoms with E-state index in [0.717, 1.165) is 48.4 Å². The van der Waals surface area contributed by atoms with Crippen molar-refractivity contribution in [2.24, 2.45) is 0 Å². The van der Waals surface area contributed by atoms with Gasteiger partial charge in [-0.05, 0) is 41.1 Å². The minimum absolute atomic E-state index is 0.731. The number of hydrogen-bond donors (Lipinski definition) is 1. The largest absolute Gasteiger partial charge is 0.354 e. The highest BCUT2D eigenvalue weighted by Gasteiger charge is 2.35. The number of aryl methyl sites for hydroxylation is 1. The van der Waals surface area contributed by atoms with E-state index in [9.17, 15) is 0 Å². The van der Waals surface area contributed by atoms with Crippen molar-refractivity contribution in [1.82, 2.24) is 4.98 Å². The maximum absolute atomic E-state index is 15.3. The number of nitrogens with one attached hydrogen (secondary N) is 1. The van der Waals surface area contributed by atoms with Gasteiger partial charge in [-0.25, -0.2) is 0 Å². The number of para-hydroxylation sites is 2. The van der Waals surface area contributed by atoms with Crippen LogP contribution in [0.5, 0.6) is 0 Å². The fourth-order valence-corrected chi connectivity index (χ4v) is 7.67. The lowest BCUT2D eigenvalue weighted by Crippen LogP contribution is -2.29. The molecule has 0 unspecified atom stereocenters. The zero-order valence-corrected chi connectivity index (χ0v) is 20.6. The zero-order chi connectivity index (χ0) is 22.8. The SMILES string of the molecule is Cc1nc2c(Br)cccc2c(Nc2ccccc2)c1P(=O)(c1ccccc1)c1ccccc1. The second-order valence-electron chi connectivity index (χ2n) is 7.83. The summed E-state index contributed by atoms with van der Waals surface area (Å²) in [5.74, 6) is 0. The minimum Gasteiger partial charge on any atom is -0.354 e. The summed E-state index contributed by atoms with van der Waals surface area (Å²) in [6.07, 6.45) is 0. The quantitative estimate of drug-likeness (QED) is 0.267. The highest BCUT2D eigenvalue weighted by Crippen LogP contribution is 2.47. The number of aromatic nitrogens is 1. The van der Waals surface area contributed by atoms with E-state index in [1.807, 2.05) is 116 Å². The molecule has 0 aliphatic rings. The summed E-state index contributed by atoms with van der Waals surface area (Å²) in [6, 6.07) is 35.4. The molecule has 0 amide bonds. The number of anilines is 2. The molecule has 4 aromatic carbocycles. The van der Waals surface area contributed by atoms with Gasteiger partial charge in [0.1, 0.15) is 0 Å². The molecule has 0 bridgehead atoms. The lowest BCUT2D eigenvalue weighted by Gasteiger charge is -2.26. The molecule has 3 nitrogen and oxygen atoms in total. The van der Waals surface area contributed by atoms with Gasteiger partial charge in [0.15, 0.2) is 7.14 Å². The van der Waals surface area contributed by atoms with Crippen LogP contribution < -0.4 is 21.2 Å². The van der Waals surface area contributed by atoms with E-state index in [2.05, 4.69) is 21.2 Å². The van der Waals surface area contributed by atoms with Crippen LogP contribution in [0.1, 0.15) is 5.69 Å². The minimum atomic E-state index is -3.25. The van der Waals surface area contributed by atoms with Crippen LogP contribution in [0, 0.1) is 6.92 Å². The van der Waals surface area contributed by atoms with Gasteiger partial charge in [-0.2, -0.15) is 0 Å². The van der Waals surface area contributed by atoms with Crippen LogP contribution in [0.15, 0.2) is 114 Å². The summed E-state index contributed by atoms with van der Waals surface area (Å²) in [4.78, 5) is 4.94. The van der Waals surface area contributed by atoms with Crippen LogP contribution >= 0.6 is 23.1 Å². The fraction of sp³-hybridized carbons (Fsp3) is 0.0357. The van der Waals surface area contributed by atoms with E-state index in [1.54, 1.807) is 0 Å². The van der Waals surface area contributed by atoms with Crippen molar-refractivity contribution in [3.05, 3.63) is 119 Å². The smallest absolute Gasteiger partial charge is 0.174 e. The first kappa shape index (κ1) is 21.6. The Labute approximate surface area is 202 Å². The molecule has 1 aromatic heterocycles. The third-order valence-electron chi connectivity index (χ3n) is 5.71. The van der Waals surface area contributed by atoms with E-state index >= 15 is 4.57 Å². The predicted molar refractivity (Wildman–Crippen MR) is 143 cm³/mol. The van der Waals surface area contributed by atoms with Gasteiger partial charge in [-0.1, -0.05) is 91.0 Å². The Morgan fingerprint density at radius 1 is 0.727 bits per heavy atom. The van der Waals surface area contributed by atoms with Crippen molar-refractivity contribution >= 4 is 61.3 Å². The molecule has 5 heteroatoms. The van der Waals surface area contributed by atoms with Crippen molar-refractivity contribution in [2.45, 2.75) is 6.92 Å². The van der Waals surface area contributed by atoms with Crippen LogP contribution in [-0.2, 0) is 4.57 Å². The molecular weight excluding hydrogens is 491 g/mol. The van der Waals surface area contributed by atoms with Gasteiger partial charge >= 0.3 is 0 Å². The lowest BCUT2D eigenvalue weighted by molar-refractivity contribution is 0.592. The molecule has 0 aliphatic carbocycles. The molecule has 33 heavy (non-hydrogen) atoms. The average molecular weight is 513 g/mol. The summed E-state index contributed by atoms with van der Waals surface area (Å²) in [6.45, 7) is 1.95.